The summed E-state index contributed by atoms with van der Waals surface area (Å²) in [5, 5.41) is 8.08. The fourth-order valence-electron chi connectivity index (χ4n) is 3.57. The molecule has 2 heterocycles. The van der Waals surface area contributed by atoms with Gasteiger partial charge in [0.2, 0.25) is 5.91 Å². The number of likely N-dealkylation sites (tertiary alicyclic amines) is 1. The molecular weight excluding hydrogens is 393 g/mol. The second-order valence-corrected chi connectivity index (χ2v) is 7.90. The molecule has 4 rings (SSSR count). The van der Waals surface area contributed by atoms with Gasteiger partial charge in [-0.25, -0.2) is 4.68 Å². The molecule has 2 aliphatic rings. The molecule has 1 amide bonds. The third-order valence-electron chi connectivity index (χ3n) is 5.38. The van der Waals surface area contributed by atoms with E-state index in [4.69, 9.17) is 11.6 Å². The van der Waals surface area contributed by atoms with Gasteiger partial charge in [-0.3, -0.25) is 4.79 Å². The lowest BCUT2D eigenvalue weighted by atomic mass is 10.1. The summed E-state index contributed by atoms with van der Waals surface area (Å²) in [4.78, 5) is 14.3. The van der Waals surface area contributed by atoms with Crippen molar-refractivity contribution in [2.45, 2.75) is 50.2 Å². The summed E-state index contributed by atoms with van der Waals surface area (Å²) in [7, 11) is 0. The van der Waals surface area contributed by atoms with Crippen LogP contribution in [0.3, 0.4) is 0 Å². The van der Waals surface area contributed by atoms with Gasteiger partial charge in [-0.1, -0.05) is 22.9 Å². The highest BCUT2D eigenvalue weighted by Crippen LogP contribution is 2.39. The first-order valence-electron chi connectivity index (χ1n) is 9.36. The molecule has 1 aromatic heterocycles. The van der Waals surface area contributed by atoms with Gasteiger partial charge < -0.3 is 4.90 Å². The van der Waals surface area contributed by atoms with E-state index < -0.39 is 11.7 Å². The Labute approximate surface area is 165 Å². The summed E-state index contributed by atoms with van der Waals surface area (Å²) in [5.74, 6) is 0.474. The van der Waals surface area contributed by atoms with Crippen molar-refractivity contribution in [1.82, 2.24) is 19.9 Å². The van der Waals surface area contributed by atoms with Crippen LogP contribution < -0.4 is 0 Å². The van der Waals surface area contributed by atoms with Crippen LogP contribution in [-0.2, 0) is 17.4 Å². The maximum Gasteiger partial charge on any atom is 0.417 e. The van der Waals surface area contributed by atoms with Crippen LogP contribution >= 0.6 is 11.6 Å². The molecule has 1 saturated carbocycles. The maximum absolute atomic E-state index is 13.0. The van der Waals surface area contributed by atoms with E-state index in [1.807, 2.05) is 10.9 Å². The predicted molar refractivity (Wildman–Crippen MR) is 97.0 cm³/mol. The highest BCUT2D eigenvalue weighted by atomic mass is 35.5. The number of carbonyl (C=O) groups excluding carboxylic acids is 1. The van der Waals surface area contributed by atoms with Crippen molar-refractivity contribution in [3.05, 3.63) is 46.2 Å². The molecule has 1 atom stereocenters. The van der Waals surface area contributed by atoms with Gasteiger partial charge in [0.05, 0.1) is 22.3 Å². The fraction of sp³-hybridized carbons (Fsp3) is 0.526. The van der Waals surface area contributed by atoms with Gasteiger partial charge in [0, 0.05) is 31.6 Å². The van der Waals surface area contributed by atoms with Gasteiger partial charge in [0.1, 0.15) is 0 Å². The number of halogens is 4. The number of nitrogens with zero attached hydrogens (tertiary/aromatic N) is 4. The Balaban J connectivity index is 1.33. The Morgan fingerprint density at radius 2 is 2.04 bits per heavy atom. The second-order valence-electron chi connectivity index (χ2n) is 7.49. The molecule has 28 heavy (non-hydrogen) atoms. The molecule has 9 heteroatoms. The first kappa shape index (κ1) is 19.2. The summed E-state index contributed by atoms with van der Waals surface area (Å²) in [6, 6.07) is 3.90. The molecule has 5 nitrogen and oxygen atoms in total. The molecule has 1 unspecified atom stereocenters. The van der Waals surface area contributed by atoms with E-state index in [0.29, 0.717) is 24.6 Å². The van der Waals surface area contributed by atoms with Gasteiger partial charge >= 0.3 is 6.18 Å². The number of rotatable bonds is 5. The lowest BCUT2D eigenvalue weighted by Gasteiger charge is -2.17. The van der Waals surface area contributed by atoms with E-state index in [1.54, 1.807) is 4.90 Å². The molecular formula is C19H20ClF3N4O. The number of hydrogen-bond acceptors (Lipinski definition) is 3. The van der Waals surface area contributed by atoms with Crippen LogP contribution in [0.25, 0.3) is 0 Å². The Morgan fingerprint density at radius 3 is 2.75 bits per heavy atom. The number of benzene rings is 1. The summed E-state index contributed by atoms with van der Waals surface area (Å²) < 4.78 is 40.7. The van der Waals surface area contributed by atoms with E-state index in [2.05, 4.69) is 10.3 Å². The van der Waals surface area contributed by atoms with Crippen molar-refractivity contribution in [3.63, 3.8) is 0 Å². The third kappa shape index (κ3) is 4.16. The lowest BCUT2D eigenvalue weighted by molar-refractivity contribution is -0.137. The van der Waals surface area contributed by atoms with E-state index in [1.165, 1.54) is 12.1 Å². The Kier molecular flexibility index (Phi) is 5.07. The monoisotopic (exact) mass is 412 g/mol. The summed E-state index contributed by atoms with van der Waals surface area (Å²) in [5.41, 5.74) is 0.608. The third-order valence-corrected chi connectivity index (χ3v) is 5.71. The molecule has 1 aromatic carbocycles. The zero-order chi connectivity index (χ0) is 19.9. The molecule has 2 fully saturated rings. The molecule has 0 spiro atoms. The first-order chi connectivity index (χ1) is 13.3. The number of aromatic nitrogens is 3. The Hall–Kier alpha value is -2.09. The van der Waals surface area contributed by atoms with Crippen LogP contribution in [-0.4, -0.2) is 38.9 Å². The SMILES string of the molecule is O=C(CCc1ccc(Cl)c(C(F)(F)F)c1)N1CCC(n2cc(C3CC3)nn2)C1. The van der Waals surface area contributed by atoms with Crippen LogP contribution in [0.15, 0.2) is 24.4 Å². The molecule has 1 saturated heterocycles. The second kappa shape index (κ2) is 7.39. The van der Waals surface area contributed by atoms with E-state index in [0.717, 1.165) is 31.0 Å². The highest BCUT2D eigenvalue weighted by molar-refractivity contribution is 6.31. The quantitative estimate of drug-likeness (QED) is 0.738. The Morgan fingerprint density at radius 1 is 1.25 bits per heavy atom. The van der Waals surface area contributed by atoms with Crippen molar-refractivity contribution in [2.75, 3.05) is 13.1 Å². The Bertz CT molecular complexity index is 878. The van der Waals surface area contributed by atoms with E-state index >= 15 is 0 Å². The van der Waals surface area contributed by atoms with Crippen LogP contribution in [0.5, 0.6) is 0 Å². The van der Waals surface area contributed by atoms with Crippen molar-refractivity contribution in [3.8, 4) is 0 Å². The minimum atomic E-state index is -4.50. The average Bonchev–Trinajstić information content (AvgIpc) is 3.18. The van der Waals surface area contributed by atoms with Crippen molar-refractivity contribution >= 4 is 17.5 Å². The molecule has 1 aliphatic carbocycles. The number of amides is 1. The van der Waals surface area contributed by atoms with Crippen LogP contribution in [0, 0.1) is 0 Å². The van der Waals surface area contributed by atoms with Crippen molar-refractivity contribution in [2.24, 2.45) is 0 Å². The molecule has 2 aromatic rings. The van der Waals surface area contributed by atoms with Crippen molar-refractivity contribution in [1.29, 1.82) is 0 Å². The van der Waals surface area contributed by atoms with E-state index in [9.17, 15) is 18.0 Å². The molecule has 0 bridgehead atoms. The topological polar surface area (TPSA) is 51.0 Å². The average molecular weight is 413 g/mol. The molecule has 0 radical (unpaired) electrons. The van der Waals surface area contributed by atoms with Gasteiger partial charge in [-0.2, -0.15) is 13.2 Å². The largest absolute Gasteiger partial charge is 0.417 e. The normalized spacial score (nSPS) is 20.0. The molecule has 1 aliphatic heterocycles. The zero-order valence-electron chi connectivity index (χ0n) is 15.1. The van der Waals surface area contributed by atoms with Gasteiger partial charge in [-0.15, -0.1) is 5.10 Å². The standard InChI is InChI=1S/C19H20ClF3N4O/c20-16-5-1-12(9-15(16)19(21,22)23)2-6-18(28)26-8-7-14(10-26)27-11-17(24-25-27)13-3-4-13/h1,5,9,11,13-14H,2-4,6-8,10H2. The van der Waals surface area contributed by atoms with Crippen LogP contribution in [0.2, 0.25) is 5.02 Å². The van der Waals surface area contributed by atoms with Crippen molar-refractivity contribution < 1.29 is 18.0 Å². The first-order valence-corrected chi connectivity index (χ1v) is 9.74. The van der Waals surface area contributed by atoms with Gasteiger partial charge in [0.15, 0.2) is 0 Å². The minimum Gasteiger partial charge on any atom is -0.340 e. The molecule has 150 valence electrons. The maximum atomic E-state index is 13.0. The fourth-order valence-corrected chi connectivity index (χ4v) is 3.80. The number of hydrogen-bond donors (Lipinski definition) is 0. The van der Waals surface area contributed by atoms with Gasteiger partial charge in [0.25, 0.3) is 0 Å². The predicted octanol–water partition coefficient (Wildman–Crippen LogP) is 4.23. The molecule has 0 N–H and O–H groups in total. The minimum absolute atomic E-state index is 0.0615. The summed E-state index contributed by atoms with van der Waals surface area (Å²) >= 11 is 5.64. The van der Waals surface area contributed by atoms with Gasteiger partial charge in [-0.05, 0) is 43.4 Å². The van der Waals surface area contributed by atoms with Crippen LogP contribution in [0.1, 0.15) is 54.5 Å². The van der Waals surface area contributed by atoms with Crippen LogP contribution in [0.4, 0.5) is 13.2 Å². The number of alkyl halides is 3. The smallest absolute Gasteiger partial charge is 0.340 e. The highest BCUT2D eigenvalue weighted by Gasteiger charge is 2.34. The number of carbonyl (C=O) groups is 1. The summed E-state index contributed by atoms with van der Waals surface area (Å²) in [6.07, 6.45) is 1.01. The zero-order valence-corrected chi connectivity index (χ0v) is 15.9. The summed E-state index contributed by atoms with van der Waals surface area (Å²) in [6.45, 7) is 1.18. The lowest BCUT2D eigenvalue weighted by Crippen LogP contribution is -2.29. The van der Waals surface area contributed by atoms with E-state index in [-0.39, 0.29) is 29.8 Å². The number of aryl methyl sites for hydroxylation is 1.